The Morgan fingerprint density at radius 2 is 1.70 bits per heavy atom. The molecule has 2 aromatic rings. The quantitative estimate of drug-likeness (QED) is 0.857. The van der Waals surface area contributed by atoms with Crippen LogP contribution >= 0.6 is 11.8 Å². The zero-order valence-corrected chi connectivity index (χ0v) is 11.6. The third-order valence-electron chi connectivity index (χ3n) is 2.67. The van der Waals surface area contributed by atoms with Crippen LogP contribution in [0.4, 0.5) is 0 Å². The molecule has 0 saturated heterocycles. The van der Waals surface area contributed by atoms with Crippen LogP contribution < -0.4 is 5.32 Å². The first kappa shape index (κ1) is 14.2. The Labute approximate surface area is 122 Å². The minimum absolute atomic E-state index is 0.224. The van der Waals surface area contributed by atoms with E-state index in [1.54, 1.807) is 24.3 Å². The Balaban J connectivity index is 1.90. The van der Waals surface area contributed by atoms with Crippen molar-refractivity contribution in [2.45, 2.75) is 11.1 Å². The molecule has 100 valence electrons. The molecule has 0 fully saturated rings. The number of carbonyl (C=O) groups excluding carboxylic acids is 1. The molecule has 0 bridgehead atoms. The first-order valence-corrected chi connectivity index (χ1v) is 7.25. The van der Waals surface area contributed by atoms with Gasteiger partial charge in [0.25, 0.3) is 5.91 Å². The molecule has 0 aromatic heterocycles. The van der Waals surface area contributed by atoms with E-state index in [0.717, 1.165) is 5.56 Å². The van der Waals surface area contributed by atoms with Crippen molar-refractivity contribution < 1.29 is 4.79 Å². The zero-order valence-electron chi connectivity index (χ0n) is 10.8. The first-order valence-electron chi connectivity index (χ1n) is 6.20. The van der Waals surface area contributed by atoms with Crippen LogP contribution in [0.3, 0.4) is 0 Å². The summed E-state index contributed by atoms with van der Waals surface area (Å²) in [5, 5.41) is 11.3. The van der Waals surface area contributed by atoms with Crippen LogP contribution in [0.15, 0.2) is 60.7 Å². The summed E-state index contributed by atoms with van der Waals surface area (Å²) in [6.07, 6.45) is 0. The standard InChI is InChI=1S/C16H14N2OS/c17-11-15(20-12-13-7-3-1-4-8-13)18-16(19)14-9-5-2-6-10-14/h1-10,15H,12H2,(H,18,19)/t15-/m0/s1. The number of amides is 1. The van der Waals surface area contributed by atoms with Gasteiger partial charge in [0.15, 0.2) is 5.37 Å². The highest BCUT2D eigenvalue weighted by molar-refractivity contribution is 7.99. The minimum Gasteiger partial charge on any atom is -0.328 e. The van der Waals surface area contributed by atoms with Gasteiger partial charge in [-0.1, -0.05) is 48.5 Å². The van der Waals surface area contributed by atoms with Gasteiger partial charge in [-0.3, -0.25) is 4.79 Å². The number of thioether (sulfide) groups is 1. The van der Waals surface area contributed by atoms with Crippen LogP contribution in [-0.4, -0.2) is 11.3 Å². The fraction of sp³-hybridized carbons (Fsp3) is 0.125. The summed E-state index contributed by atoms with van der Waals surface area (Å²) in [5.41, 5.74) is 1.69. The van der Waals surface area contributed by atoms with Crippen molar-refractivity contribution in [2.75, 3.05) is 0 Å². The van der Waals surface area contributed by atoms with Crippen molar-refractivity contribution in [3.8, 4) is 6.07 Å². The molecule has 1 amide bonds. The maximum absolute atomic E-state index is 11.9. The van der Waals surface area contributed by atoms with E-state index in [-0.39, 0.29) is 5.91 Å². The third kappa shape index (κ3) is 4.15. The summed E-state index contributed by atoms with van der Waals surface area (Å²) in [4.78, 5) is 11.9. The Bertz CT molecular complexity index is 593. The molecular weight excluding hydrogens is 268 g/mol. The van der Waals surface area contributed by atoms with Crippen molar-refractivity contribution in [1.29, 1.82) is 5.26 Å². The lowest BCUT2D eigenvalue weighted by Crippen LogP contribution is -2.31. The predicted molar refractivity (Wildman–Crippen MR) is 81.0 cm³/mol. The number of nitrogens with zero attached hydrogens (tertiary/aromatic N) is 1. The Morgan fingerprint density at radius 3 is 2.30 bits per heavy atom. The van der Waals surface area contributed by atoms with Crippen LogP contribution in [0.1, 0.15) is 15.9 Å². The van der Waals surface area contributed by atoms with Gasteiger partial charge in [0.05, 0.1) is 6.07 Å². The largest absolute Gasteiger partial charge is 0.328 e. The van der Waals surface area contributed by atoms with Crippen molar-refractivity contribution in [1.82, 2.24) is 5.32 Å². The third-order valence-corrected chi connectivity index (χ3v) is 3.73. The molecule has 3 nitrogen and oxygen atoms in total. The lowest BCUT2D eigenvalue weighted by atomic mass is 10.2. The van der Waals surface area contributed by atoms with E-state index in [9.17, 15) is 4.79 Å². The highest BCUT2D eigenvalue weighted by Gasteiger charge is 2.13. The summed E-state index contributed by atoms with van der Waals surface area (Å²) >= 11 is 1.40. The van der Waals surface area contributed by atoms with Gasteiger partial charge in [0, 0.05) is 11.3 Å². The van der Waals surface area contributed by atoms with Gasteiger partial charge in [0.1, 0.15) is 0 Å². The Hall–Kier alpha value is -2.25. The van der Waals surface area contributed by atoms with Gasteiger partial charge >= 0.3 is 0 Å². The molecule has 0 aliphatic heterocycles. The maximum Gasteiger partial charge on any atom is 0.252 e. The van der Waals surface area contributed by atoms with Crippen LogP contribution in [0.25, 0.3) is 0 Å². The van der Waals surface area contributed by atoms with Crippen LogP contribution in [0, 0.1) is 11.3 Å². The van der Waals surface area contributed by atoms with E-state index in [0.29, 0.717) is 11.3 Å². The molecule has 0 spiro atoms. The highest BCUT2D eigenvalue weighted by Crippen LogP contribution is 2.16. The first-order chi connectivity index (χ1) is 9.79. The second-order valence-electron chi connectivity index (χ2n) is 4.15. The molecule has 0 unspecified atom stereocenters. The fourth-order valence-corrected chi connectivity index (χ4v) is 2.47. The van der Waals surface area contributed by atoms with Crippen LogP contribution in [-0.2, 0) is 5.75 Å². The van der Waals surface area contributed by atoms with Gasteiger partial charge in [-0.05, 0) is 17.7 Å². The molecule has 1 atom stereocenters. The average Bonchev–Trinajstić information content (AvgIpc) is 2.53. The zero-order chi connectivity index (χ0) is 14.2. The maximum atomic E-state index is 11.9. The normalized spacial score (nSPS) is 11.3. The minimum atomic E-state index is -0.553. The molecular formula is C16H14N2OS. The lowest BCUT2D eigenvalue weighted by molar-refractivity contribution is 0.0955. The van der Waals surface area contributed by atoms with Crippen molar-refractivity contribution in [3.05, 3.63) is 71.8 Å². The number of nitrogens with one attached hydrogen (secondary N) is 1. The molecule has 0 aliphatic carbocycles. The van der Waals surface area contributed by atoms with E-state index in [2.05, 4.69) is 11.4 Å². The van der Waals surface area contributed by atoms with E-state index in [1.807, 2.05) is 36.4 Å². The molecule has 0 saturated carbocycles. The van der Waals surface area contributed by atoms with Gasteiger partial charge in [0.2, 0.25) is 0 Å². The summed E-state index contributed by atoms with van der Waals surface area (Å²) in [7, 11) is 0. The van der Waals surface area contributed by atoms with Crippen molar-refractivity contribution >= 4 is 17.7 Å². The number of nitriles is 1. The predicted octanol–water partition coefficient (Wildman–Crippen LogP) is 3.20. The van der Waals surface area contributed by atoms with Crippen molar-refractivity contribution in [2.24, 2.45) is 0 Å². The molecule has 1 N–H and O–H groups in total. The highest BCUT2D eigenvalue weighted by atomic mass is 32.2. The summed E-state index contributed by atoms with van der Waals surface area (Å²) < 4.78 is 0. The van der Waals surface area contributed by atoms with Gasteiger partial charge in [-0.15, -0.1) is 11.8 Å². The fourth-order valence-electron chi connectivity index (χ4n) is 1.66. The molecule has 2 aromatic carbocycles. The monoisotopic (exact) mass is 282 g/mol. The molecule has 2 rings (SSSR count). The number of benzene rings is 2. The number of hydrogen-bond acceptors (Lipinski definition) is 3. The summed E-state index contributed by atoms with van der Waals surface area (Å²) in [6.45, 7) is 0. The summed E-state index contributed by atoms with van der Waals surface area (Å²) in [6, 6.07) is 20.9. The van der Waals surface area contributed by atoms with E-state index in [4.69, 9.17) is 5.26 Å². The van der Waals surface area contributed by atoms with Gasteiger partial charge in [-0.25, -0.2) is 0 Å². The van der Waals surface area contributed by atoms with Gasteiger partial charge < -0.3 is 5.32 Å². The molecule has 0 aliphatic rings. The second kappa shape index (κ2) is 7.37. The number of rotatable bonds is 5. The van der Waals surface area contributed by atoms with E-state index >= 15 is 0 Å². The molecule has 0 radical (unpaired) electrons. The Morgan fingerprint density at radius 1 is 1.10 bits per heavy atom. The molecule has 4 heteroatoms. The lowest BCUT2D eigenvalue weighted by Gasteiger charge is -2.11. The van der Waals surface area contributed by atoms with E-state index in [1.165, 1.54) is 11.8 Å². The SMILES string of the molecule is N#C[C@@H](NC(=O)c1ccccc1)SCc1ccccc1. The number of carbonyl (C=O) groups is 1. The van der Waals surface area contributed by atoms with Gasteiger partial charge in [-0.2, -0.15) is 5.26 Å². The Kier molecular flexibility index (Phi) is 5.22. The topological polar surface area (TPSA) is 52.9 Å². The van der Waals surface area contributed by atoms with Crippen molar-refractivity contribution in [3.63, 3.8) is 0 Å². The average molecular weight is 282 g/mol. The van der Waals surface area contributed by atoms with E-state index < -0.39 is 5.37 Å². The second-order valence-corrected chi connectivity index (χ2v) is 5.24. The smallest absolute Gasteiger partial charge is 0.252 e. The molecule has 20 heavy (non-hydrogen) atoms. The van der Waals surface area contributed by atoms with Crippen LogP contribution in [0.5, 0.6) is 0 Å². The number of hydrogen-bond donors (Lipinski definition) is 1. The molecule has 0 heterocycles. The summed E-state index contributed by atoms with van der Waals surface area (Å²) in [5.74, 6) is 0.464. The van der Waals surface area contributed by atoms with Crippen LogP contribution in [0.2, 0.25) is 0 Å².